The lowest BCUT2D eigenvalue weighted by Crippen LogP contribution is -2.33. The topological polar surface area (TPSA) is 12.0 Å². The van der Waals surface area contributed by atoms with Gasteiger partial charge in [0.25, 0.3) is 0 Å². The molecular weight excluding hydrogens is 98.1 g/mol. The van der Waals surface area contributed by atoms with Crippen LogP contribution in [0.3, 0.4) is 0 Å². The van der Waals surface area contributed by atoms with Gasteiger partial charge in [0.05, 0.1) is 0 Å². The molecule has 2 aliphatic rings. The summed E-state index contributed by atoms with van der Waals surface area (Å²) in [6.07, 6.45) is 7.90. The van der Waals surface area contributed by atoms with Gasteiger partial charge in [-0.25, -0.2) is 0 Å². The van der Waals surface area contributed by atoms with Crippen LogP contribution in [-0.4, -0.2) is 12.1 Å². The molecule has 2 fully saturated rings. The van der Waals surface area contributed by atoms with Crippen LogP contribution >= 0.6 is 0 Å². The van der Waals surface area contributed by atoms with Gasteiger partial charge in [-0.3, -0.25) is 0 Å². The Kier molecular flexibility index (Phi) is 1.04. The van der Waals surface area contributed by atoms with E-state index in [9.17, 15) is 0 Å². The Morgan fingerprint density at radius 1 is 1.12 bits per heavy atom. The molecular formula is C7H12N. The van der Waals surface area contributed by atoms with Gasteiger partial charge in [-0.2, -0.15) is 0 Å². The highest BCUT2D eigenvalue weighted by Crippen LogP contribution is 2.24. The van der Waals surface area contributed by atoms with E-state index in [1.54, 1.807) is 0 Å². The van der Waals surface area contributed by atoms with Crippen LogP contribution in [0.2, 0.25) is 0 Å². The fourth-order valence-electron chi connectivity index (χ4n) is 1.77. The summed E-state index contributed by atoms with van der Waals surface area (Å²) in [5.74, 6) is 0. The van der Waals surface area contributed by atoms with E-state index in [2.05, 4.69) is 11.7 Å². The number of fused-ring (bicyclic) bond motifs is 2. The normalized spacial score (nSPS) is 45.0. The van der Waals surface area contributed by atoms with Crippen molar-refractivity contribution in [1.82, 2.24) is 5.32 Å². The molecule has 2 rings (SSSR count). The molecule has 2 heterocycles. The lowest BCUT2D eigenvalue weighted by atomic mass is 10.1. The second-order valence-corrected chi connectivity index (χ2v) is 2.90. The third kappa shape index (κ3) is 0.655. The third-order valence-electron chi connectivity index (χ3n) is 2.24. The average molecular weight is 110 g/mol. The second kappa shape index (κ2) is 1.73. The molecule has 0 aliphatic carbocycles. The van der Waals surface area contributed by atoms with Crippen LogP contribution in [0.15, 0.2) is 0 Å². The van der Waals surface area contributed by atoms with E-state index < -0.39 is 0 Å². The predicted octanol–water partition coefficient (Wildman–Crippen LogP) is 1.11. The molecule has 45 valence electrons. The zero-order valence-electron chi connectivity index (χ0n) is 5.06. The van der Waals surface area contributed by atoms with Crippen molar-refractivity contribution in [3.8, 4) is 0 Å². The van der Waals surface area contributed by atoms with Gasteiger partial charge in [-0.05, 0) is 32.1 Å². The quantitative estimate of drug-likeness (QED) is 0.492. The summed E-state index contributed by atoms with van der Waals surface area (Å²) in [4.78, 5) is 0. The van der Waals surface area contributed by atoms with Gasteiger partial charge < -0.3 is 5.32 Å². The molecule has 0 aromatic heterocycles. The molecule has 2 saturated heterocycles. The van der Waals surface area contributed by atoms with E-state index >= 15 is 0 Å². The second-order valence-electron chi connectivity index (χ2n) is 2.90. The maximum absolute atomic E-state index is 3.56. The first-order valence-corrected chi connectivity index (χ1v) is 3.53. The van der Waals surface area contributed by atoms with Crippen molar-refractivity contribution in [2.75, 3.05) is 0 Å². The SMILES string of the molecule is [CH]1C[C@@H]2CC[C@@H](C1)N2. The zero-order chi connectivity index (χ0) is 5.40. The summed E-state index contributed by atoms with van der Waals surface area (Å²) in [6.45, 7) is 0. The smallest absolute Gasteiger partial charge is 0.00729 e. The highest BCUT2D eigenvalue weighted by atomic mass is 15.0. The number of nitrogens with one attached hydrogen (secondary N) is 1. The molecule has 1 heteroatoms. The standard InChI is InChI=1S/C7H12N/c1-2-6-4-5-7(3-1)8-6/h1,6-8H,2-5H2/t6-,7-/m1/s1. The first kappa shape index (κ1) is 4.80. The molecule has 2 aliphatic heterocycles. The molecule has 1 radical (unpaired) electrons. The molecule has 2 atom stereocenters. The minimum absolute atomic E-state index is 0.855. The van der Waals surface area contributed by atoms with E-state index in [1.807, 2.05) is 0 Å². The van der Waals surface area contributed by atoms with E-state index in [0.717, 1.165) is 12.1 Å². The third-order valence-corrected chi connectivity index (χ3v) is 2.24. The van der Waals surface area contributed by atoms with E-state index in [0.29, 0.717) is 0 Å². The highest BCUT2D eigenvalue weighted by molar-refractivity contribution is 4.95. The van der Waals surface area contributed by atoms with Gasteiger partial charge in [-0.15, -0.1) is 0 Å². The van der Waals surface area contributed by atoms with Crippen LogP contribution in [0.5, 0.6) is 0 Å². The first-order valence-electron chi connectivity index (χ1n) is 3.53. The van der Waals surface area contributed by atoms with Crippen LogP contribution in [0.25, 0.3) is 0 Å². The van der Waals surface area contributed by atoms with Crippen molar-refractivity contribution < 1.29 is 0 Å². The monoisotopic (exact) mass is 110 g/mol. The molecule has 2 bridgehead atoms. The molecule has 0 aromatic carbocycles. The Morgan fingerprint density at radius 2 is 1.75 bits per heavy atom. The lowest BCUT2D eigenvalue weighted by molar-refractivity contribution is 0.469. The minimum Gasteiger partial charge on any atom is -0.311 e. The predicted molar refractivity (Wildman–Crippen MR) is 33.5 cm³/mol. The first-order chi connectivity index (χ1) is 3.95. The maximum Gasteiger partial charge on any atom is 0.00729 e. The Bertz CT molecular complexity index is 76.4. The van der Waals surface area contributed by atoms with Crippen LogP contribution in [-0.2, 0) is 0 Å². The van der Waals surface area contributed by atoms with Crippen molar-refractivity contribution in [1.29, 1.82) is 0 Å². The van der Waals surface area contributed by atoms with Crippen LogP contribution < -0.4 is 5.32 Å². The Hall–Kier alpha value is -0.0400. The number of piperidine rings is 1. The lowest BCUT2D eigenvalue weighted by Gasteiger charge is -2.19. The fourth-order valence-corrected chi connectivity index (χ4v) is 1.77. The van der Waals surface area contributed by atoms with Crippen LogP contribution in [0.4, 0.5) is 0 Å². The molecule has 1 N–H and O–H groups in total. The van der Waals surface area contributed by atoms with Gasteiger partial charge in [0.1, 0.15) is 0 Å². The molecule has 0 unspecified atom stereocenters. The number of rotatable bonds is 0. The molecule has 1 nitrogen and oxygen atoms in total. The molecule has 0 spiro atoms. The summed E-state index contributed by atoms with van der Waals surface area (Å²) in [5.41, 5.74) is 0. The van der Waals surface area contributed by atoms with Crippen LogP contribution in [0.1, 0.15) is 25.7 Å². The van der Waals surface area contributed by atoms with Gasteiger partial charge in [0, 0.05) is 12.1 Å². The van der Waals surface area contributed by atoms with Crippen LogP contribution in [0, 0.1) is 6.42 Å². The van der Waals surface area contributed by atoms with Gasteiger partial charge in [-0.1, -0.05) is 0 Å². The molecule has 0 saturated carbocycles. The number of hydrogen-bond acceptors (Lipinski definition) is 1. The summed E-state index contributed by atoms with van der Waals surface area (Å²) < 4.78 is 0. The highest BCUT2D eigenvalue weighted by Gasteiger charge is 2.26. The zero-order valence-corrected chi connectivity index (χ0v) is 5.06. The van der Waals surface area contributed by atoms with Gasteiger partial charge >= 0.3 is 0 Å². The van der Waals surface area contributed by atoms with Crippen molar-refractivity contribution in [2.24, 2.45) is 0 Å². The van der Waals surface area contributed by atoms with E-state index in [1.165, 1.54) is 25.7 Å². The summed E-state index contributed by atoms with van der Waals surface area (Å²) in [7, 11) is 0. The maximum atomic E-state index is 3.56. The van der Waals surface area contributed by atoms with Crippen molar-refractivity contribution in [3.63, 3.8) is 0 Å². The summed E-state index contributed by atoms with van der Waals surface area (Å²) in [5, 5.41) is 3.56. The molecule has 0 amide bonds. The minimum atomic E-state index is 0.855. The van der Waals surface area contributed by atoms with E-state index in [4.69, 9.17) is 0 Å². The summed E-state index contributed by atoms with van der Waals surface area (Å²) >= 11 is 0. The van der Waals surface area contributed by atoms with Crippen molar-refractivity contribution in [2.45, 2.75) is 37.8 Å². The van der Waals surface area contributed by atoms with Crippen molar-refractivity contribution >= 4 is 0 Å². The Balaban J connectivity index is 2.03. The largest absolute Gasteiger partial charge is 0.311 e. The number of hydrogen-bond donors (Lipinski definition) is 1. The van der Waals surface area contributed by atoms with Gasteiger partial charge in [0.2, 0.25) is 0 Å². The fraction of sp³-hybridized carbons (Fsp3) is 0.857. The van der Waals surface area contributed by atoms with Gasteiger partial charge in [0.15, 0.2) is 0 Å². The molecule has 8 heavy (non-hydrogen) atoms. The molecule has 0 aromatic rings. The summed E-state index contributed by atoms with van der Waals surface area (Å²) in [6, 6.07) is 1.71. The van der Waals surface area contributed by atoms with E-state index in [-0.39, 0.29) is 0 Å². The average Bonchev–Trinajstić information content (AvgIpc) is 2.12. The Labute approximate surface area is 50.5 Å². The van der Waals surface area contributed by atoms with Crippen molar-refractivity contribution in [3.05, 3.63) is 6.42 Å². The Morgan fingerprint density at radius 3 is 2.25 bits per heavy atom.